The lowest BCUT2D eigenvalue weighted by atomic mass is 10.4. The molecule has 0 atom stereocenters. The monoisotopic (exact) mass is 186 g/mol. The molecule has 0 aliphatic carbocycles. The molecule has 2 N–H and O–H groups in total. The van der Waals surface area contributed by atoms with Gasteiger partial charge in [0.1, 0.15) is 6.61 Å². The molecule has 0 unspecified atom stereocenters. The van der Waals surface area contributed by atoms with Crippen LogP contribution in [0.15, 0.2) is 4.42 Å². The molecule has 13 heavy (non-hydrogen) atoms. The zero-order valence-electron chi connectivity index (χ0n) is 7.87. The van der Waals surface area contributed by atoms with E-state index in [4.69, 9.17) is 19.6 Å². The van der Waals surface area contributed by atoms with Crippen molar-refractivity contribution in [1.82, 2.24) is 4.98 Å². The predicted octanol–water partition coefficient (Wildman–Crippen LogP) is 0.331. The van der Waals surface area contributed by atoms with Gasteiger partial charge in [0, 0.05) is 20.1 Å². The molecule has 0 bridgehead atoms. The van der Waals surface area contributed by atoms with E-state index >= 15 is 0 Å². The maximum absolute atomic E-state index is 5.36. The number of ether oxygens (including phenoxy) is 2. The topological polar surface area (TPSA) is 70.5 Å². The van der Waals surface area contributed by atoms with Crippen molar-refractivity contribution in [2.24, 2.45) is 5.73 Å². The molecule has 0 aromatic carbocycles. The van der Waals surface area contributed by atoms with Crippen molar-refractivity contribution < 1.29 is 13.9 Å². The van der Waals surface area contributed by atoms with Crippen LogP contribution < -0.4 is 10.5 Å². The Morgan fingerprint density at radius 1 is 1.46 bits per heavy atom. The third-order valence-electron chi connectivity index (χ3n) is 1.53. The standard InChI is InChI=1S/C8H14N2O3/c1-11-5-6-8(12-2)10-7(13-6)3-4-9/h3-5,9H2,1-2H3. The number of hydrogen-bond acceptors (Lipinski definition) is 5. The van der Waals surface area contributed by atoms with E-state index in [0.29, 0.717) is 37.1 Å². The minimum Gasteiger partial charge on any atom is -0.478 e. The fourth-order valence-corrected chi connectivity index (χ4v) is 0.996. The summed E-state index contributed by atoms with van der Waals surface area (Å²) < 4.78 is 15.3. The SMILES string of the molecule is COCc1oc(CCN)nc1OC. The molecule has 0 aliphatic rings. The Morgan fingerprint density at radius 3 is 2.77 bits per heavy atom. The van der Waals surface area contributed by atoms with Crippen LogP contribution in [0, 0.1) is 0 Å². The summed E-state index contributed by atoms with van der Waals surface area (Å²) in [6.45, 7) is 0.872. The van der Waals surface area contributed by atoms with Crippen molar-refractivity contribution in [3.8, 4) is 5.88 Å². The minimum atomic E-state index is 0.362. The summed E-state index contributed by atoms with van der Waals surface area (Å²) in [5.74, 6) is 1.67. The average molecular weight is 186 g/mol. The van der Waals surface area contributed by atoms with Crippen LogP contribution in [0.3, 0.4) is 0 Å². The highest BCUT2D eigenvalue weighted by Gasteiger charge is 2.12. The normalized spacial score (nSPS) is 10.4. The first kappa shape index (κ1) is 10.0. The summed E-state index contributed by atoms with van der Waals surface area (Å²) in [4.78, 5) is 4.09. The van der Waals surface area contributed by atoms with Gasteiger partial charge in [-0.25, -0.2) is 0 Å². The predicted molar refractivity (Wildman–Crippen MR) is 46.5 cm³/mol. The minimum absolute atomic E-state index is 0.362. The molecule has 0 spiro atoms. The largest absolute Gasteiger partial charge is 0.478 e. The van der Waals surface area contributed by atoms with E-state index in [-0.39, 0.29) is 0 Å². The summed E-state index contributed by atoms with van der Waals surface area (Å²) >= 11 is 0. The van der Waals surface area contributed by atoms with Crippen LogP contribution in [0.4, 0.5) is 0 Å². The number of nitrogens with zero attached hydrogens (tertiary/aromatic N) is 1. The van der Waals surface area contributed by atoms with Crippen molar-refractivity contribution in [1.29, 1.82) is 0 Å². The quantitative estimate of drug-likeness (QED) is 0.717. The Balaban J connectivity index is 2.77. The maximum atomic E-state index is 5.36. The van der Waals surface area contributed by atoms with Crippen LogP contribution in [0.2, 0.25) is 0 Å². The number of nitrogens with two attached hydrogens (primary N) is 1. The highest BCUT2D eigenvalue weighted by Crippen LogP contribution is 2.19. The summed E-state index contributed by atoms with van der Waals surface area (Å²) in [5.41, 5.74) is 5.36. The summed E-state index contributed by atoms with van der Waals surface area (Å²) in [7, 11) is 3.13. The molecule has 5 heteroatoms. The Hall–Kier alpha value is -1.07. The summed E-state index contributed by atoms with van der Waals surface area (Å²) in [5, 5.41) is 0. The number of methoxy groups -OCH3 is 2. The molecule has 0 fully saturated rings. The Morgan fingerprint density at radius 2 is 2.23 bits per heavy atom. The van der Waals surface area contributed by atoms with Crippen molar-refractivity contribution in [2.75, 3.05) is 20.8 Å². The Labute approximate surface area is 76.8 Å². The molecule has 1 aromatic rings. The van der Waals surface area contributed by atoms with E-state index < -0.39 is 0 Å². The zero-order valence-corrected chi connectivity index (χ0v) is 7.87. The summed E-state index contributed by atoms with van der Waals surface area (Å²) in [6, 6.07) is 0. The lowest BCUT2D eigenvalue weighted by Gasteiger charge is -1.95. The fraction of sp³-hybridized carbons (Fsp3) is 0.625. The number of aromatic nitrogens is 1. The van der Waals surface area contributed by atoms with E-state index in [2.05, 4.69) is 4.98 Å². The fourth-order valence-electron chi connectivity index (χ4n) is 0.996. The van der Waals surface area contributed by atoms with Crippen LogP contribution in [-0.2, 0) is 17.8 Å². The third-order valence-corrected chi connectivity index (χ3v) is 1.53. The zero-order chi connectivity index (χ0) is 9.68. The van der Waals surface area contributed by atoms with E-state index in [9.17, 15) is 0 Å². The van der Waals surface area contributed by atoms with E-state index in [1.165, 1.54) is 0 Å². The molecule has 74 valence electrons. The molecule has 1 heterocycles. The van der Waals surface area contributed by atoms with Crippen LogP contribution >= 0.6 is 0 Å². The molecule has 0 amide bonds. The maximum Gasteiger partial charge on any atom is 0.258 e. The molecular weight excluding hydrogens is 172 g/mol. The summed E-state index contributed by atoms with van der Waals surface area (Å²) in [6.07, 6.45) is 0.611. The van der Waals surface area contributed by atoms with Gasteiger partial charge in [-0.2, -0.15) is 4.98 Å². The van der Waals surface area contributed by atoms with Crippen LogP contribution in [0.5, 0.6) is 5.88 Å². The highest BCUT2D eigenvalue weighted by molar-refractivity contribution is 5.16. The number of oxazole rings is 1. The smallest absolute Gasteiger partial charge is 0.258 e. The van der Waals surface area contributed by atoms with Gasteiger partial charge in [0.25, 0.3) is 5.88 Å². The number of hydrogen-bond donors (Lipinski definition) is 1. The second kappa shape index (κ2) is 4.84. The van der Waals surface area contributed by atoms with Gasteiger partial charge < -0.3 is 19.6 Å². The molecular formula is C8H14N2O3. The first-order valence-corrected chi connectivity index (χ1v) is 4.03. The second-order valence-electron chi connectivity index (χ2n) is 2.51. The van der Waals surface area contributed by atoms with Gasteiger partial charge >= 0.3 is 0 Å². The van der Waals surface area contributed by atoms with Crippen molar-refractivity contribution >= 4 is 0 Å². The van der Waals surface area contributed by atoms with Gasteiger partial charge in [0.15, 0.2) is 11.7 Å². The first-order chi connectivity index (χ1) is 6.31. The molecule has 0 saturated heterocycles. The van der Waals surface area contributed by atoms with E-state index in [1.807, 2.05) is 0 Å². The third kappa shape index (κ3) is 2.43. The van der Waals surface area contributed by atoms with Crippen molar-refractivity contribution in [3.05, 3.63) is 11.7 Å². The van der Waals surface area contributed by atoms with Crippen LogP contribution in [0.1, 0.15) is 11.7 Å². The Bertz CT molecular complexity index is 260. The van der Waals surface area contributed by atoms with Gasteiger partial charge in [-0.15, -0.1) is 0 Å². The molecule has 0 radical (unpaired) electrons. The van der Waals surface area contributed by atoms with Crippen molar-refractivity contribution in [2.45, 2.75) is 13.0 Å². The lowest BCUT2D eigenvalue weighted by Crippen LogP contribution is -2.02. The molecule has 0 saturated carbocycles. The van der Waals surface area contributed by atoms with E-state index in [0.717, 1.165) is 0 Å². The highest BCUT2D eigenvalue weighted by atomic mass is 16.5. The van der Waals surface area contributed by atoms with Gasteiger partial charge in [0.05, 0.1) is 7.11 Å². The molecule has 1 rings (SSSR count). The van der Waals surface area contributed by atoms with Crippen LogP contribution in [0.25, 0.3) is 0 Å². The van der Waals surface area contributed by atoms with Crippen LogP contribution in [-0.4, -0.2) is 25.7 Å². The molecule has 1 aromatic heterocycles. The molecule has 0 aliphatic heterocycles. The number of rotatable bonds is 5. The van der Waals surface area contributed by atoms with Gasteiger partial charge in [-0.3, -0.25) is 0 Å². The lowest BCUT2D eigenvalue weighted by molar-refractivity contribution is 0.158. The Kier molecular flexibility index (Phi) is 3.72. The van der Waals surface area contributed by atoms with Gasteiger partial charge in [0.2, 0.25) is 0 Å². The van der Waals surface area contributed by atoms with Gasteiger partial charge in [-0.1, -0.05) is 0 Å². The van der Waals surface area contributed by atoms with Gasteiger partial charge in [-0.05, 0) is 0 Å². The molecule has 5 nitrogen and oxygen atoms in total. The first-order valence-electron chi connectivity index (χ1n) is 4.03. The second-order valence-corrected chi connectivity index (χ2v) is 2.51. The van der Waals surface area contributed by atoms with E-state index in [1.54, 1.807) is 14.2 Å². The van der Waals surface area contributed by atoms with Crippen molar-refractivity contribution in [3.63, 3.8) is 0 Å². The average Bonchev–Trinajstić information content (AvgIpc) is 2.49.